The topological polar surface area (TPSA) is 54.4 Å². The maximum absolute atomic E-state index is 12.1. The first-order chi connectivity index (χ1) is 13.6. The highest BCUT2D eigenvalue weighted by Crippen LogP contribution is 2.26. The first kappa shape index (κ1) is 19.1. The molecule has 0 spiro atoms. The Labute approximate surface area is 164 Å². The van der Waals surface area contributed by atoms with Gasteiger partial charge in [0.1, 0.15) is 5.92 Å². The normalized spacial score (nSPS) is 11.9. The van der Waals surface area contributed by atoms with Crippen LogP contribution in [0.3, 0.4) is 0 Å². The number of carbonyl (C=O) groups excluding carboxylic acids is 1. The van der Waals surface area contributed by atoms with Crippen LogP contribution < -0.4 is 0 Å². The second-order valence-corrected chi connectivity index (χ2v) is 6.37. The fraction of sp³-hybridized carbons (Fsp3) is 0.0400. The molecule has 0 aliphatic carbocycles. The van der Waals surface area contributed by atoms with E-state index < -0.39 is 11.9 Å². The molecule has 0 heterocycles. The Hall–Kier alpha value is -3.72. The highest BCUT2D eigenvalue weighted by atomic mass is 16.4. The van der Waals surface area contributed by atoms with Gasteiger partial charge in [0, 0.05) is 5.56 Å². The molecule has 3 aromatic rings. The van der Waals surface area contributed by atoms with Crippen LogP contribution >= 0.6 is 0 Å². The van der Waals surface area contributed by atoms with Crippen molar-refractivity contribution in [2.45, 2.75) is 5.92 Å². The van der Waals surface area contributed by atoms with E-state index in [9.17, 15) is 14.7 Å². The van der Waals surface area contributed by atoms with Gasteiger partial charge in [0.2, 0.25) is 0 Å². The number of hydrogen-bond donors (Lipinski definition) is 1. The van der Waals surface area contributed by atoms with Crippen LogP contribution in [-0.2, 0) is 4.79 Å². The van der Waals surface area contributed by atoms with Crippen molar-refractivity contribution in [2.24, 2.45) is 0 Å². The highest BCUT2D eigenvalue weighted by Gasteiger charge is 2.21. The molecule has 0 saturated carbocycles. The van der Waals surface area contributed by atoms with Gasteiger partial charge in [-0.15, -0.1) is 0 Å². The minimum absolute atomic E-state index is 0.0737. The molecule has 0 saturated heterocycles. The standard InChI is InChI=1S/C25H20O3/c1-2-18-8-13-21(14-9-18)24(25(27)28)22-15-10-19(11-16-22)12-17-23(26)20-6-4-3-5-7-20/h2-17,24H,1H2,(H,27,28)/b17-12+. The number of allylic oxidation sites excluding steroid dienone is 1. The number of rotatable bonds is 7. The summed E-state index contributed by atoms with van der Waals surface area (Å²) < 4.78 is 0. The third kappa shape index (κ3) is 4.51. The minimum atomic E-state index is -0.908. The summed E-state index contributed by atoms with van der Waals surface area (Å²) >= 11 is 0. The average molecular weight is 368 g/mol. The fourth-order valence-electron chi connectivity index (χ4n) is 2.97. The number of aliphatic carboxylic acids is 1. The number of hydrogen-bond acceptors (Lipinski definition) is 2. The smallest absolute Gasteiger partial charge is 0.315 e. The van der Waals surface area contributed by atoms with Crippen molar-refractivity contribution in [3.63, 3.8) is 0 Å². The molecular formula is C25H20O3. The summed E-state index contributed by atoms with van der Waals surface area (Å²) in [5.74, 6) is -1.73. The van der Waals surface area contributed by atoms with E-state index in [1.807, 2.05) is 54.6 Å². The zero-order chi connectivity index (χ0) is 19.9. The van der Waals surface area contributed by atoms with E-state index in [0.29, 0.717) is 16.7 Å². The molecular weight excluding hydrogens is 348 g/mol. The van der Waals surface area contributed by atoms with Crippen LogP contribution in [0.1, 0.15) is 38.5 Å². The van der Waals surface area contributed by atoms with Crippen LogP contribution in [0.5, 0.6) is 0 Å². The van der Waals surface area contributed by atoms with E-state index >= 15 is 0 Å². The Morgan fingerprint density at radius 2 is 1.32 bits per heavy atom. The Kier molecular flexibility index (Phi) is 5.97. The molecule has 28 heavy (non-hydrogen) atoms. The lowest BCUT2D eigenvalue weighted by molar-refractivity contribution is -0.137. The van der Waals surface area contributed by atoms with Crippen LogP contribution in [-0.4, -0.2) is 16.9 Å². The summed E-state index contributed by atoms with van der Waals surface area (Å²) in [7, 11) is 0. The van der Waals surface area contributed by atoms with Crippen LogP contribution in [0.25, 0.3) is 12.2 Å². The van der Waals surface area contributed by atoms with Crippen LogP contribution in [0, 0.1) is 0 Å². The summed E-state index contributed by atoms with van der Waals surface area (Å²) in [6, 6.07) is 23.6. The molecule has 1 N–H and O–H groups in total. The Bertz CT molecular complexity index is 998. The first-order valence-corrected chi connectivity index (χ1v) is 8.91. The van der Waals surface area contributed by atoms with Gasteiger partial charge in [-0.2, -0.15) is 0 Å². The first-order valence-electron chi connectivity index (χ1n) is 8.91. The zero-order valence-electron chi connectivity index (χ0n) is 15.3. The van der Waals surface area contributed by atoms with Crippen molar-refractivity contribution in [3.05, 3.63) is 119 Å². The van der Waals surface area contributed by atoms with Crippen molar-refractivity contribution < 1.29 is 14.7 Å². The maximum Gasteiger partial charge on any atom is 0.315 e. The number of ketones is 1. The highest BCUT2D eigenvalue weighted by molar-refractivity contribution is 6.06. The molecule has 0 fully saturated rings. The molecule has 1 atom stereocenters. The van der Waals surface area contributed by atoms with Gasteiger partial charge in [-0.25, -0.2) is 0 Å². The Balaban J connectivity index is 1.79. The molecule has 0 amide bonds. The molecule has 3 rings (SSSR count). The summed E-state index contributed by atoms with van der Waals surface area (Å²) in [4.78, 5) is 24.0. The van der Waals surface area contributed by atoms with Gasteiger partial charge in [-0.05, 0) is 28.3 Å². The van der Waals surface area contributed by atoms with Crippen molar-refractivity contribution in [3.8, 4) is 0 Å². The second kappa shape index (κ2) is 8.78. The SMILES string of the molecule is C=Cc1ccc(C(C(=O)O)c2ccc(/C=C/C(=O)c3ccccc3)cc2)cc1. The lowest BCUT2D eigenvalue weighted by Gasteiger charge is -2.14. The number of benzene rings is 3. The predicted octanol–water partition coefficient (Wildman–Crippen LogP) is 5.44. The zero-order valence-corrected chi connectivity index (χ0v) is 15.3. The van der Waals surface area contributed by atoms with E-state index in [0.717, 1.165) is 11.1 Å². The summed E-state index contributed by atoms with van der Waals surface area (Å²) in [6.45, 7) is 3.71. The predicted molar refractivity (Wildman–Crippen MR) is 112 cm³/mol. The summed E-state index contributed by atoms with van der Waals surface area (Å²) in [5.41, 5.74) is 3.80. The van der Waals surface area contributed by atoms with Gasteiger partial charge in [0.25, 0.3) is 0 Å². The minimum Gasteiger partial charge on any atom is -0.481 e. The largest absolute Gasteiger partial charge is 0.481 e. The lowest BCUT2D eigenvalue weighted by atomic mass is 9.90. The van der Waals surface area contributed by atoms with Crippen molar-refractivity contribution in [2.75, 3.05) is 0 Å². The fourth-order valence-corrected chi connectivity index (χ4v) is 2.97. The Morgan fingerprint density at radius 1 is 0.786 bits per heavy atom. The van der Waals surface area contributed by atoms with Crippen molar-refractivity contribution >= 4 is 23.9 Å². The van der Waals surface area contributed by atoms with Gasteiger partial charge < -0.3 is 5.11 Å². The summed E-state index contributed by atoms with van der Waals surface area (Å²) in [6.07, 6.45) is 4.97. The van der Waals surface area contributed by atoms with Crippen molar-refractivity contribution in [1.82, 2.24) is 0 Å². The molecule has 0 radical (unpaired) electrons. The van der Waals surface area contributed by atoms with Crippen LogP contribution in [0.2, 0.25) is 0 Å². The Morgan fingerprint density at radius 3 is 1.82 bits per heavy atom. The van der Waals surface area contributed by atoms with E-state index in [1.165, 1.54) is 6.08 Å². The summed E-state index contributed by atoms with van der Waals surface area (Å²) in [5, 5.41) is 9.70. The lowest BCUT2D eigenvalue weighted by Crippen LogP contribution is -2.13. The number of carbonyl (C=O) groups is 2. The second-order valence-electron chi connectivity index (χ2n) is 6.37. The molecule has 0 aliphatic heterocycles. The quantitative estimate of drug-likeness (QED) is 0.446. The molecule has 0 aromatic heterocycles. The monoisotopic (exact) mass is 368 g/mol. The van der Waals surface area contributed by atoms with Crippen LogP contribution in [0.15, 0.2) is 91.5 Å². The maximum atomic E-state index is 12.1. The van der Waals surface area contributed by atoms with E-state index in [-0.39, 0.29) is 5.78 Å². The molecule has 3 heteroatoms. The number of carboxylic acids is 1. The van der Waals surface area contributed by atoms with E-state index in [2.05, 4.69) is 6.58 Å². The van der Waals surface area contributed by atoms with E-state index in [1.54, 1.807) is 36.4 Å². The average Bonchev–Trinajstić information content (AvgIpc) is 2.74. The molecule has 3 nitrogen and oxygen atoms in total. The van der Waals surface area contributed by atoms with Gasteiger partial charge in [-0.1, -0.05) is 97.6 Å². The van der Waals surface area contributed by atoms with Crippen LogP contribution in [0.4, 0.5) is 0 Å². The third-order valence-electron chi connectivity index (χ3n) is 4.51. The molecule has 0 bridgehead atoms. The molecule has 138 valence electrons. The molecule has 3 aromatic carbocycles. The van der Waals surface area contributed by atoms with Gasteiger partial charge in [-0.3, -0.25) is 9.59 Å². The number of carboxylic acid groups (broad SMARTS) is 1. The molecule has 0 aliphatic rings. The van der Waals surface area contributed by atoms with Gasteiger partial charge in [0.05, 0.1) is 0 Å². The molecule has 1 unspecified atom stereocenters. The van der Waals surface area contributed by atoms with Gasteiger partial charge >= 0.3 is 5.97 Å². The van der Waals surface area contributed by atoms with E-state index in [4.69, 9.17) is 0 Å². The van der Waals surface area contributed by atoms with Crippen molar-refractivity contribution in [1.29, 1.82) is 0 Å². The van der Waals surface area contributed by atoms with Gasteiger partial charge in [0.15, 0.2) is 5.78 Å². The third-order valence-corrected chi connectivity index (χ3v) is 4.51.